The molecule has 2 aromatic carbocycles. The maximum absolute atomic E-state index is 9.18. The van der Waals surface area contributed by atoms with Crippen molar-refractivity contribution in [3.63, 3.8) is 0 Å². The molecule has 120 valence electrons. The summed E-state index contributed by atoms with van der Waals surface area (Å²) in [5.74, 6) is 1.22. The number of aromatic nitrogens is 4. The number of hydrogen-bond donors (Lipinski definition) is 1. The summed E-state index contributed by atoms with van der Waals surface area (Å²) >= 11 is 0. The van der Waals surface area contributed by atoms with Gasteiger partial charge < -0.3 is 5.32 Å². The van der Waals surface area contributed by atoms with Gasteiger partial charge in [0.1, 0.15) is 12.1 Å². The maximum Gasteiger partial charge on any atom is 0.237 e. The van der Waals surface area contributed by atoms with E-state index in [-0.39, 0.29) is 0 Å². The van der Waals surface area contributed by atoms with Crippen LogP contribution in [0.25, 0.3) is 16.9 Å². The summed E-state index contributed by atoms with van der Waals surface area (Å²) in [6.07, 6.45) is 5.14. The zero-order chi connectivity index (χ0) is 17.1. The van der Waals surface area contributed by atoms with Crippen molar-refractivity contribution >= 4 is 16.7 Å². The molecule has 0 saturated heterocycles. The molecule has 0 bridgehead atoms. The first-order valence-electron chi connectivity index (χ1n) is 7.81. The van der Waals surface area contributed by atoms with Crippen LogP contribution in [0, 0.1) is 11.3 Å². The van der Waals surface area contributed by atoms with Gasteiger partial charge in [-0.05, 0) is 23.8 Å². The van der Waals surface area contributed by atoms with Crippen molar-refractivity contribution < 1.29 is 0 Å². The van der Waals surface area contributed by atoms with Gasteiger partial charge in [-0.1, -0.05) is 30.3 Å². The Kier molecular flexibility index (Phi) is 3.81. The second kappa shape index (κ2) is 6.42. The third-order valence-electron chi connectivity index (χ3n) is 3.85. The number of rotatable bonds is 4. The SMILES string of the molecule is N#Cc1ccc2nc(-n3ccnc3)nc(NCc3ccccc3)c2c1. The van der Waals surface area contributed by atoms with E-state index in [2.05, 4.69) is 26.3 Å². The van der Waals surface area contributed by atoms with Crippen molar-refractivity contribution in [1.82, 2.24) is 19.5 Å². The molecule has 4 aromatic rings. The highest BCUT2D eigenvalue weighted by Crippen LogP contribution is 2.23. The molecular formula is C19H14N6. The summed E-state index contributed by atoms with van der Waals surface area (Å²) in [7, 11) is 0. The van der Waals surface area contributed by atoms with Crippen molar-refractivity contribution in [2.24, 2.45) is 0 Å². The molecule has 0 aliphatic carbocycles. The van der Waals surface area contributed by atoms with Gasteiger partial charge in [0.2, 0.25) is 5.95 Å². The number of nitrogens with one attached hydrogen (secondary N) is 1. The minimum atomic E-state index is 0.533. The van der Waals surface area contributed by atoms with E-state index >= 15 is 0 Å². The molecule has 2 heterocycles. The van der Waals surface area contributed by atoms with E-state index in [0.717, 1.165) is 16.5 Å². The third kappa shape index (κ3) is 3.03. The molecule has 0 aliphatic heterocycles. The van der Waals surface area contributed by atoms with Gasteiger partial charge in [-0.15, -0.1) is 0 Å². The molecule has 0 atom stereocenters. The fourth-order valence-electron chi connectivity index (χ4n) is 2.60. The Morgan fingerprint density at radius 3 is 2.72 bits per heavy atom. The van der Waals surface area contributed by atoms with Gasteiger partial charge in [-0.3, -0.25) is 4.57 Å². The van der Waals surface area contributed by atoms with Crippen LogP contribution in [0.3, 0.4) is 0 Å². The van der Waals surface area contributed by atoms with Crippen molar-refractivity contribution in [1.29, 1.82) is 5.26 Å². The normalized spacial score (nSPS) is 10.5. The van der Waals surface area contributed by atoms with Gasteiger partial charge in [-0.25, -0.2) is 9.97 Å². The number of nitriles is 1. The fourth-order valence-corrected chi connectivity index (χ4v) is 2.60. The molecular weight excluding hydrogens is 312 g/mol. The minimum Gasteiger partial charge on any atom is -0.365 e. The Morgan fingerprint density at radius 1 is 1.08 bits per heavy atom. The number of nitrogens with zero attached hydrogens (tertiary/aromatic N) is 5. The lowest BCUT2D eigenvalue weighted by Gasteiger charge is -2.11. The predicted molar refractivity (Wildman–Crippen MR) is 95.1 cm³/mol. The van der Waals surface area contributed by atoms with Crippen LogP contribution >= 0.6 is 0 Å². The van der Waals surface area contributed by atoms with Crippen LogP contribution in [0.2, 0.25) is 0 Å². The van der Waals surface area contributed by atoms with Crippen molar-refractivity contribution in [2.75, 3.05) is 5.32 Å². The predicted octanol–water partition coefficient (Wildman–Crippen LogP) is 3.30. The van der Waals surface area contributed by atoms with Crippen molar-refractivity contribution in [2.45, 2.75) is 6.54 Å². The Balaban J connectivity index is 1.79. The van der Waals surface area contributed by atoms with Crippen LogP contribution in [0.4, 0.5) is 5.82 Å². The van der Waals surface area contributed by atoms with Crippen molar-refractivity contribution in [3.05, 3.63) is 78.4 Å². The molecule has 6 nitrogen and oxygen atoms in total. The van der Waals surface area contributed by atoms with Crippen LogP contribution in [0.15, 0.2) is 67.3 Å². The Hall–Kier alpha value is -3.72. The number of benzene rings is 2. The van der Waals surface area contributed by atoms with E-state index in [4.69, 9.17) is 0 Å². The first kappa shape index (κ1) is 14.8. The van der Waals surface area contributed by atoms with Crippen LogP contribution in [0.5, 0.6) is 0 Å². The summed E-state index contributed by atoms with van der Waals surface area (Å²) in [5, 5.41) is 13.4. The summed E-state index contributed by atoms with van der Waals surface area (Å²) in [5.41, 5.74) is 2.50. The standard InChI is InChI=1S/C19H14N6/c20-11-15-6-7-17-16(10-15)18(22-12-14-4-2-1-3-5-14)24-19(23-17)25-9-8-21-13-25/h1-10,13H,12H2,(H,22,23,24). The van der Waals surface area contributed by atoms with Crippen LogP contribution < -0.4 is 5.32 Å². The van der Waals surface area contributed by atoms with E-state index in [0.29, 0.717) is 23.9 Å². The summed E-state index contributed by atoms with van der Waals surface area (Å²) in [6.45, 7) is 0.632. The molecule has 0 saturated carbocycles. The molecule has 2 aromatic heterocycles. The quantitative estimate of drug-likeness (QED) is 0.622. The van der Waals surface area contributed by atoms with E-state index in [9.17, 15) is 5.26 Å². The summed E-state index contributed by atoms with van der Waals surface area (Å²) in [6, 6.07) is 17.6. The second-order valence-electron chi connectivity index (χ2n) is 5.53. The maximum atomic E-state index is 9.18. The molecule has 0 aliphatic rings. The average Bonchev–Trinajstić information content (AvgIpc) is 3.21. The van der Waals surface area contributed by atoms with Crippen LogP contribution in [0.1, 0.15) is 11.1 Å². The zero-order valence-electron chi connectivity index (χ0n) is 13.3. The van der Waals surface area contributed by atoms with Gasteiger partial charge in [0, 0.05) is 24.3 Å². The largest absolute Gasteiger partial charge is 0.365 e. The molecule has 0 spiro atoms. The number of anilines is 1. The number of fused-ring (bicyclic) bond motifs is 1. The minimum absolute atomic E-state index is 0.533. The van der Waals surface area contributed by atoms with Crippen molar-refractivity contribution in [3.8, 4) is 12.0 Å². The number of hydrogen-bond acceptors (Lipinski definition) is 5. The molecule has 1 N–H and O–H groups in total. The highest BCUT2D eigenvalue weighted by atomic mass is 15.2. The lowest BCUT2D eigenvalue weighted by Crippen LogP contribution is -2.07. The molecule has 0 radical (unpaired) electrons. The molecule has 6 heteroatoms. The van der Waals surface area contributed by atoms with Gasteiger partial charge in [0.25, 0.3) is 0 Å². The molecule has 25 heavy (non-hydrogen) atoms. The van der Waals surface area contributed by atoms with Gasteiger partial charge >= 0.3 is 0 Å². The lowest BCUT2D eigenvalue weighted by molar-refractivity contribution is 0.936. The molecule has 0 unspecified atom stereocenters. The Labute approximate surface area is 144 Å². The van der Waals surface area contributed by atoms with Crippen LogP contribution in [-0.2, 0) is 6.54 Å². The Bertz CT molecular complexity index is 1050. The number of imidazole rings is 1. The monoisotopic (exact) mass is 326 g/mol. The molecule has 0 fully saturated rings. The first-order valence-corrected chi connectivity index (χ1v) is 7.81. The smallest absolute Gasteiger partial charge is 0.237 e. The summed E-state index contributed by atoms with van der Waals surface area (Å²) in [4.78, 5) is 13.2. The average molecular weight is 326 g/mol. The highest BCUT2D eigenvalue weighted by Gasteiger charge is 2.10. The Morgan fingerprint density at radius 2 is 1.96 bits per heavy atom. The third-order valence-corrected chi connectivity index (χ3v) is 3.85. The topological polar surface area (TPSA) is 79.4 Å². The lowest BCUT2D eigenvalue weighted by atomic mass is 10.1. The highest BCUT2D eigenvalue weighted by molar-refractivity contribution is 5.90. The van der Waals surface area contributed by atoms with Gasteiger partial charge in [0.15, 0.2) is 0 Å². The first-order chi connectivity index (χ1) is 12.3. The second-order valence-corrected chi connectivity index (χ2v) is 5.53. The van der Waals surface area contributed by atoms with E-state index in [1.807, 2.05) is 36.4 Å². The van der Waals surface area contributed by atoms with E-state index in [1.165, 1.54) is 0 Å². The van der Waals surface area contributed by atoms with E-state index in [1.54, 1.807) is 35.4 Å². The van der Waals surface area contributed by atoms with Gasteiger partial charge in [0.05, 0.1) is 17.1 Å². The van der Waals surface area contributed by atoms with Crippen LogP contribution in [-0.4, -0.2) is 19.5 Å². The molecule has 0 amide bonds. The van der Waals surface area contributed by atoms with Gasteiger partial charge in [-0.2, -0.15) is 10.2 Å². The summed E-state index contributed by atoms with van der Waals surface area (Å²) < 4.78 is 1.76. The fraction of sp³-hybridized carbons (Fsp3) is 0.0526. The molecule has 4 rings (SSSR count). The zero-order valence-corrected chi connectivity index (χ0v) is 13.3. The van der Waals surface area contributed by atoms with E-state index < -0.39 is 0 Å².